The van der Waals surface area contributed by atoms with Crippen LogP contribution >= 0.6 is 11.8 Å². The second-order valence-corrected chi connectivity index (χ2v) is 8.81. The van der Waals surface area contributed by atoms with E-state index in [9.17, 15) is 9.18 Å². The summed E-state index contributed by atoms with van der Waals surface area (Å²) >= 11 is 1.45. The van der Waals surface area contributed by atoms with Crippen LogP contribution < -0.4 is 0 Å². The third kappa shape index (κ3) is 3.99. The number of halogens is 1. The lowest BCUT2D eigenvalue weighted by Gasteiger charge is -2.31. The van der Waals surface area contributed by atoms with Crippen LogP contribution in [0.3, 0.4) is 0 Å². The quantitative estimate of drug-likeness (QED) is 0.600. The molecule has 0 bridgehead atoms. The normalized spacial score (nSPS) is 17.8. The van der Waals surface area contributed by atoms with E-state index in [1.54, 1.807) is 12.1 Å². The minimum absolute atomic E-state index is 0.123. The largest absolute Gasteiger partial charge is 0.342 e. The lowest BCUT2D eigenvalue weighted by molar-refractivity contribution is -0.129. The summed E-state index contributed by atoms with van der Waals surface area (Å²) in [5, 5.41) is 13.5. The molecule has 1 saturated heterocycles. The smallest absolute Gasteiger partial charge is 0.232 e. The fourth-order valence-electron chi connectivity index (χ4n) is 3.83. The van der Waals surface area contributed by atoms with Gasteiger partial charge in [0.15, 0.2) is 11.5 Å². The van der Waals surface area contributed by atoms with Crippen molar-refractivity contribution >= 4 is 23.3 Å². The number of fused-ring (bicyclic) bond motifs is 1. The van der Waals surface area contributed by atoms with E-state index in [1.807, 2.05) is 15.5 Å². The molecule has 1 aliphatic carbocycles. The SMILES string of the molecule is O=C(CSc1ccc(F)cc1)N1CCC(c2nnc3ccc(C4CC4)nn23)CC1. The Hall–Kier alpha value is -2.48. The van der Waals surface area contributed by atoms with Gasteiger partial charge in [-0.2, -0.15) is 9.61 Å². The molecule has 29 heavy (non-hydrogen) atoms. The van der Waals surface area contributed by atoms with E-state index in [1.165, 1.54) is 36.7 Å². The minimum atomic E-state index is -0.262. The van der Waals surface area contributed by atoms with E-state index in [0.717, 1.165) is 34.9 Å². The van der Waals surface area contributed by atoms with Crippen molar-refractivity contribution < 1.29 is 9.18 Å². The van der Waals surface area contributed by atoms with E-state index in [-0.39, 0.29) is 17.6 Å². The minimum Gasteiger partial charge on any atom is -0.342 e. The molecule has 6 nitrogen and oxygen atoms in total. The van der Waals surface area contributed by atoms with Crippen molar-refractivity contribution in [2.24, 2.45) is 0 Å². The molecular formula is C21H22FN5OS. The maximum Gasteiger partial charge on any atom is 0.232 e. The fraction of sp³-hybridized carbons (Fsp3) is 0.429. The molecule has 2 aromatic heterocycles. The highest BCUT2D eigenvalue weighted by atomic mass is 32.2. The maximum atomic E-state index is 13.0. The standard InChI is InChI=1S/C21H22FN5OS/c22-16-3-5-17(6-4-16)29-13-20(28)26-11-9-15(10-12-26)21-24-23-19-8-7-18(14-1-2-14)25-27(19)21/h3-8,14-15H,1-2,9-13H2. The number of nitrogens with zero attached hydrogens (tertiary/aromatic N) is 5. The maximum absolute atomic E-state index is 13.0. The number of hydrogen-bond acceptors (Lipinski definition) is 5. The Labute approximate surface area is 172 Å². The summed E-state index contributed by atoms with van der Waals surface area (Å²) in [5.74, 6) is 2.00. The molecule has 8 heteroatoms. The van der Waals surface area contributed by atoms with Crippen LogP contribution in [0.5, 0.6) is 0 Å². The van der Waals surface area contributed by atoms with Gasteiger partial charge in [-0.15, -0.1) is 22.0 Å². The number of carbonyl (C=O) groups excluding carboxylic acids is 1. The van der Waals surface area contributed by atoms with E-state index in [4.69, 9.17) is 5.10 Å². The van der Waals surface area contributed by atoms with E-state index in [2.05, 4.69) is 16.3 Å². The number of amides is 1. The first-order valence-electron chi connectivity index (χ1n) is 10.1. The Bertz CT molecular complexity index is 1030. The summed E-state index contributed by atoms with van der Waals surface area (Å²) in [6.45, 7) is 1.43. The van der Waals surface area contributed by atoms with Crippen molar-refractivity contribution in [2.75, 3.05) is 18.8 Å². The van der Waals surface area contributed by atoms with Gasteiger partial charge in [-0.1, -0.05) is 0 Å². The zero-order chi connectivity index (χ0) is 19.8. The first kappa shape index (κ1) is 18.5. The van der Waals surface area contributed by atoms with Gasteiger partial charge in [0, 0.05) is 29.8 Å². The monoisotopic (exact) mass is 411 g/mol. The molecule has 0 atom stereocenters. The van der Waals surface area contributed by atoms with E-state index < -0.39 is 0 Å². The molecule has 2 aliphatic rings. The average molecular weight is 412 g/mol. The van der Waals surface area contributed by atoms with Crippen molar-refractivity contribution in [1.29, 1.82) is 0 Å². The molecule has 0 spiro atoms. The molecule has 3 heterocycles. The van der Waals surface area contributed by atoms with E-state index in [0.29, 0.717) is 24.8 Å². The number of hydrogen-bond donors (Lipinski definition) is 0. The van der Waals surface area contributed by atoms with Crippen molar-refractivity contribution in [1.82, 2.24) is 24.7 Å². The van der Waals surface area contributed by atoms with Crippen LogP contribution in [0.4, 0.5) is 4.39 Å². The van der Waals surface area contributed by atoms with Gasteiger partial charge in [-0.3, -0.25) is 4.79 Å². The first-order valence-corrected chi connectivity index (χ1v) is 11.0. The number of piperidine rings is 1. The summed E-state index contributed by atoms with van der Waals surface area (Å²) in [4.78, 5) is 15.4. The summed E-state index contributed by atoms with van der Waals surface area (Å²) in [6.07, 6.45) is 4.16. The van der Waals surface area contributed by atoms with Gasteiger partial charge in [0.05, 0.1) is 11.4 Å². The van der Waals surface area contributed by atoms with Crippen LogP contribution in [-0.2, 0) is 4.79 Å². The number of thioether (sulfide) groups is 1. The molecule has 1 saturated carbocycles. The van der Waals surface area contributed by atoms with Crippen LogP contribution in [0.1, 0.15) is 49.0 Å². The van der Waals surface area contributed by atoms with Crippen molar-refractivity contribution in [3.63, 3.8) is 0 Å². The van der Waals surface area contributed by atoms with Gasteiger partial charge < -0.3 is 4.90 Å². The Morgan fingerprint density at radius 1 is 1.00 bits per heavy atom. The van der Waals surface area contributed by atoms with Gasteiger partial charge in [-0.05, 0) is 62.1 Å². The van der Waals surface area contributed by atoms with Crippen LogP contribution in [0.15, 0.2) is 41.3 Å². The number of likely N-dealkylation sites (tertiary alicyclic amines) is 1. The predicted molar refractivity (Wildman–Crippen MR) is 108 cm³/mol. The van der Waals surface area contributed by atoms with Crippen LogP contribution in [0, 0.1) is 5.82 Å². The zero-order valence-electron chi connectivity index (χ0n) is 16.0. The average Bonchev–Trinajstić information content (AvgIpc) is 3.52. The zero-order valence-corrected chi connectivity index (χ0v) is 16.8. The fourth-order valence-corrected chi connectivity index (χ4v) is 4.63. The number of aromatic nitrogens is 4. The molecule has 2 fully saturated rings. The third-order valence-corrected chi connectivity index (χ3v) is 6.69. The molecule has 0 unspecified atom stereocenters. The Balaban J connectivity index is 1.20. The lowest BCUT2D eigenvalue weighted by atomic mass is 9.96. The molecule has 5 rings (SSSR count). The molecule has 0 radical (unpaired) electrons. The predicted octanol–water partition coefficient (Wildman–Crippen LogP) is 3.64. The van der Waals surface area contributed by atoms with Crippen LogP contribution in [0.25, 0.3) is 5.65 Å². The number of benzene rings is 1. The number of carbonyl (C=O) groups is 1. The summed E-state index contributed by atoms with van der Waals surface area (Å²) in [5.41, 5.74) is 1.92. The first-order chi connectivity index (χ1) is 14.2. The topological polar surface area (TPSA) is 63.4 Å². The second kappa shape index (κ2) is 7.74. The van der Waals surface area contributed by atoms with Gasteiger partial charge in [-0.25, -0.2) is 4.39 Å². The molecule has 1 aromatic carbocycles. The van der Waals surface area contributed by atoms with Gasteiger partial charge in [0.1, 0.15) is 5.82 Å². The van der Waals surface area contributed by atoms with Gasteiger partial charge >= 0.3 is 0 Å². The highest BCUT2D eigenvalue weighted by molar-refractivity contribution is 8.00. The van der Waals surface area contributed by atoms with Crippen LogP contribution in [0.2, 0.25) is 0 Å². The highest BCUT2D eigenvalue weighted by Crippen LogP contribution is 2.39. The highest BCUT2D eigenvalue weighted by Gasteiger charge is 2.29. The summed E-state index contributed by atoms with van der Waals surface area (Å²) in [6, 6.07) is 10.3. The van der Waals surface area contributed by atoms with Crippen LogP contribution in [-0.4, -0.2) is 49.5 Å². The summed E-state index contributed by atoms with van der Waals surface area (Å²) < 4.78 is 14.9. The Morgan fingerprint density at radius 2 is 1.76 bits per heavy atom. The van der Waals surface area contributed by atoms with Crippen molar-refractivity contribution in [2.45, 2.75) is 42.4 Å². The molecule has 1 amide bonds. The third-order valence-electron chi connectivity index (χ3n) is 5.69. The van der Waals surface area contributed by atoms with Gasteiger partial charge in [0.25, 0.3) is 0 Å². The Morgan fingerprint density at radius 3 is 2.48 bits per heavy atom. The van der Waals surface area contributed by atoms with Crippen molar-refractivity contribution in [3.8, 4) is 0 Å². The second-order valence-electron chi connectivity index (χ2n) is 7.76. The van der Waals surface area contributed by atoms with Gasteiger partial charge in [0.2, 0.25) is 5.91 Å². The lowest BCUT2D eigenvalue weighted by Crippen LogP contribution is -2.39. The number of rotatable bonds is 5. The molecular weight excluding hydrogens is 389 g/mol. The Kier molecular flexibility index (Phi) is 4.95. The summed E-state index contributed by atoms with van der Waals surface area (Å²) in [7, 11) is 0. The molecule has 3 aromatic rings. The molecule has 0 N–H and O–H groups in total. The van der Waals surface area contributed by atoms with E-state index >= 15 is 0 Å². The molecule has 1 aliphatic heterocycles. The molecule has 150 valence electrons. The van der Waals surface area contributed by atoms with Crippen molar-refractivity contribution in [3.05, 3.63) is 53.7 Å².